The predicted octanol–water partition coefficient (Wildman–Crippen LogP) is 3.58. The average Bonchev–Trinajstić information content (AvgIpc) is 2.67. The first-order valence-corrected chi connectivity index (χ1v) is 9.52. The number of piperidine rings is 1. The minimum atomic E-state index is -2.87. The molecule has 0 bridgehead atoms. The second-order valence-electron chi connectivity index (χ2n) is 6.29. The van der Waals surface area contributed by atoms with Gasteiger partial charge in [-0.1, -0.05) is 18.2 Å². The number of ether oxygens (including phenoxy) is 2. The number of benzene rings is 1. The fourth-order valence-electron chi connectivity index (χ4n) is 2.94. The van der Waals surface area contributed by atoms with E-state index in [0.717, 1.165) is 12.8 Å². The first-order valence-electron chi connectivity index (χ1n) is 9.52. The van der Waals surface area contributed by atoms with E-state index >= 15 is 0 Å². The summed E-state index contributed by atoms with van der Waals surface area (Å²) in [5.41, 5.74) is 0.581. The number of nitrogens with zero attached hydrogens (tertiary/aromatic N) is 2. The van der Waals surface area contributed by atoms with Gasteiger partial charge in [0.2, 0.25) is 0 Å². The van der Waals surface area contributed by atoms with E-state index in [1.54, 1.807) is 30.0 Å². The number of hydrogen-bond donors (Lipinski definition) is 2. The monoisotopic (exact) mass is 526 g/mol. The first-order chi connectivity index (χ1) is 13.5. The van der Waals surface area contributed by atoms with Gasteiger partial charge in [0.05, 0.1) is 13.2 Å². The lowest BCUT2D eigenvalue weighted by atomic mass is 10.1. The van der Waals surface area contributed by atoms with Crippen molar-refractivity contribution < 1.29 is 23.0 Å². The molecule has 10 heteroatoms. The highest BCUT2D eigenvalue weighted by Crippen LogP contribution is 2.21. The normalized spacial score (nSPS) is 14.9. The van der Waals surface area contributed by atoms with Gasteiger partial charge in [-0.15, -0.1) is 24.0 Å². The van der Waals surface area contributed by atoms with Crippen LogP contribution >= 0.6 is 24.0 Å². The molecule has 0 aliphatic carbocycles. The quantitative estimate of drug-likeness (QED) is 0.323. The molecule has 7 nitrogen and oxygen atoms in total. The van der Waals surface area contributed by atoms with Gasteiger partial charge in [0.15, 0.2) is 5.96 Å². The van der Waals surface area contributed by atoms with Crippen LogP contribution in [-0.4, -0.2) is 55.8 Å². The number of carbonyl (C=O) groups excluding carboxylic acids is 1. The number of rotatable bonds is 7. The van der Waals surface area contributed by atoms with Crippen LogP contribution in [-0.2, 0) is 11.3 Å². The summed E-state index contributed by atoms with van der Waals surface area (Å²) in [6.45, 7) is 3.33. The van der Waals surface area contributed by atoms with Gasteiger partial charge >= 0.3 is 12.7 Å². The standard InChI is InChI=1S/C19H28F2N4O3.HI/c1-3-22-18(23-13-14-7-5-6-8-16(14)28-17(20)21)24-15-9-11-25(12-10-15)19(26)27-4-2;/h5-8,15,17H,3-4,9-13H2,1-2H3,(H2,22,23,24);1H. The third kappa shape index (κ3) is 8.58. The molecule has 1 amide bonds. The molecule has 1 fully saturated rings. The highest BCUT2D eigenvalue weighted by atomic mass is 127. The molecule has 1 aromatic carbocycles. The maximum absolute atomic E-state index is 12.5. The molecule has 1 saturated heterocycles. The SMILES string of the molecule is CCNC(=NCc1ccccc1OC(F)F)NC1CCN(C(=O)OCC)CC1.I. The van der Waals surface area contributed by atoms with Crippen molar-refractivity contribution in [1.29, 1.82) is 0 Å². The number of amides is 1. The number of halogens is 3. The Bertz CT molecular complexity index is 656. The first kappa shape index (κ1) is 25.2. The summed E-state index contributed by atoms with van der Waals surface area (Å²) < 4.78 is 34.7. The molecule has 1 aliphatic heterocycles. The third-order valence-electron chi connectivity index (χ3n) is 4.30. The lowest BCUT2D eigenvalue weighted by Crippen LogP contribution is -2.49. The van der Waals surface area contributed by atoms with E-state index in [9.17, 15) is 13.6 Å². The Morgan fingerprint density at radius 1 is 1.28 bits per heavy atom. The van der Waals surface area contributed by atoms with Crippen LogP contribution in [0, 0.1) is 0 Å². The van der Waals surface area contributed by atoms with E-state index in [2.05, 4.69) is 20.4 Å². The minimum absolute atomic E-state index is 0. The molecule has 164 valence electrons. The minimum Gasteiger partial charge on any atom is -0.450 e. The molecular formula is C19H29F2IN4O3. The molecule has 0 radical (unpaired) electrons. The number of carbonyl (C=O) groups is 1. The van der Waals surface area contributed by atoms with Crippen LogP contribution in [0.15, 0.2) is 29.3 Å². The van der Waals surface area contributed by atoms with Crippen LogP contribution in [0.25, 0.3) is 0 Å². The van der Waals surface area contributed by atoms with Crippen molar-refractivity contribution in [3.8, 4) is 5.75 Å². The van der Waals surface area contributed by atoms with Crippen LogP contribution in [0.3, 0.4) is 0 Å². The zero-order valence-electron chi connectivity index (χ0n) is 16.7. The second-order valence-corrected chi connectivity index (χ2v) is 6.29. The Labute approximate surface area is 187 Å². The number of alkyl halides is 2. The maximum atomic E-state index is 12.5. The fourth-order valence-corrected chi connectivity index (χ4v) is 2.94. The fraction of sp³-hybridized carbons (Fsp3) is 0.579. The van der Waals surface area contributed by atoms with Gasteiger partial charge in [0, 0.05) is 31.2 Å². The Hall–Kier alpha value is -1.85. The van der Waals surface area contributed by atoms with Gasteiger partial charge in [-0.2, -0.15) is 8.78 Å². The number of guanidine groups is 1. The van der Waals surface area contributed by atoms with Crippen LogP contribution in [0.1, 0.15) is 32.3 Å². The summed E-state index contributed by atoms with van der Waals surface area (Å²) >= 11 is 0. The Kier molecular flexibility index (Phi) is 11.6. The number of likely N-dealkylation sites (tertiary alicyclic amines) is 1. The molecular weight excluding hydrogens is 497 g/mol. The maximum Gasteiger partial charge on any atom is 0.409 e. The molecule has 0 unspecified atom stereocenters. The van der Waals surface area contributed by atoms with Gasteiger partial charge in [-0.3, -0.25) is 0 Å². The van der Waals surface area contributed by atoms with E-state index in [1.807, 2.05) is 6.92 Å². The highest BCUT2D eigenvalue weighted by molar-refractivity contribution is 14.0. The van der Waals surface area contributed by atoms with Gasteiger partial charge in [0.25, 0.3) is 0 Å². The molecule has 1 aromatic rings. The summed E-state index contributed by atoms with van der Waals surface area (Å²) in [7, 11) is 0. The smallest absolute Gasteiger partial charge is 0.409 e. The zero-order valence-corrected chi connectivity index (χ0v) is 19.0. The molecule has 0 saturated carbocycles. The molecule has 2 rings (SSSR count). The Balaban J connectivity index is 0.00000420. The molecule has 1 heterocycles. The second kappa shape index (κ2) is 13.4. The highest BCUT2D eigenvalue weighted by Gasteiger charge is 2.24. The van der Waals surface area contributed by atoms with Crippen molar-refractivity contribution in [2.45, 2.75) is 45.9 Å². The van der Waals surface area contributed by atoms with E-state index in [1.165, 1.54) is 6.07 Å². The van der Waals surface area contributed by atoms with E-state index in [0.29, 0.717) is 37.8 Å². The lowest BCUT2D eigenvalue weighted by molar-refractivity contribution is -0.0504. The Morgan fingerprint density at radius 3 is 2.59 bits per heavy atom. The average molecular weight is 526 g/mol. The summed E-state index contributed by atoms with van der Waals surface area (Å²) in [5, 5.41) is 6.51. The molecule has 2 N–H and O–H groups in total. The molecule has 0 aromatic heterocycles. The van der Waals surface area contributed by atoms with Gasteiger partial charge in [-0.25, -0.2) is 9.79 Å². The molecule has 0 spiro atoms. The summed E-state index contributed by atoms with van der Waals surface area (Å²) in [5.74, 6) is 0.726. The summed E-state index contributed by atoms with van der Waals surface area (Å²) in [6, 6.07) is 6.78. The number of hydrogen-bond acceptors (Lipinski definition) is 4. The van der Waals surface area contributed by atoms with Crippen LogP contribution in [0.4, 0.5) is 13.6 Å². The van der Waals surface area contributed by atoms with Crippen molar-refractivity contribution in [2.24, 2.45) is 4.99 Å². The van der Waals surface area contributed by atoms with Crippen LogP contribution < -0.4 is 15.4 Å². The van der Waals surface area contributed by atoms with E-state index in [-0.39, 0.29) is 48.4 Å². The predicted molar refractivity (Wildman–Crippen MR) is 118 cm³/mol. The molecule has 1 aliphatic rings. The van der Waals surface area contributed by atoms with Crippen molar-refractivity contribution in [3.63, 3.8) is 0 Å². The van der Waals surface area contributed by atoms with Crippen molar-refractivity contribution in [3.05, 3.63) is 29.8 Å². The van der Waals surface area contributed by atoms with Crippen molar-refractivity contribution in [2.75, 3.05) is 26.2 Å². The largest absolute Gasteiger partial charge is 0.450 e. The van der Waals surface area contributed by atoms with Crippen LogP contribution in [0.5, 0.6) is 5.75 Å². The third-order valence-corrected chi connectivity index (χ3v) is 4.30. The summed E-state index contributed by atoms with van der Waals surface area (Å²) in [4.78, 5) is 18.0. The van der Waals surface area contributed by atoms with Crippen molar-refractivity contribution in [1.82, 2.24) is 15.5 Å². The lowest BCUT2D eigenvalue weighted by Gasteiger charge is -2.32. The number of para-hydroxylation sites is 1. The molecule has 29 heavy (non-hydrogen) atoms. The van der Waals surface area contributed by atoms with E-state index < -0.39 is 6.61 Å². The van der Waals surface area contributed by atoms with Gasteiger partial charge in [-0.05, 0) is 32.8 Å². The summed E-state index contributed by atoms with van der Waals surface area (Å²) in [6.07, 6.45) is 1.26. The van der Waals surface area contributed by atoms with Gasteiger partial charge in [0.1, 0.15) is 5.75 Å². The molecule has 0 atom stereocenters. The van der Waals surface area contributed by atoms with Crippen molar-refractivity contribution >= 4 is 36.0 Å². The van der Waals surface area contributed by atoms with Gasteiger partial charge < -0.3 is 25.0 Å². The Morgan fingerprint density at radius 2 is 1.97 bits per heavy atom. The van der Waals surface area contributed by atoms with Crippen LogP contribution in [0.2, 0.25) is 0 Å². The zero-order chi connectivity index (χ0) is 20.4. The number of aliphatic imine (C=N–C) groups is 1. The van der Waals surface area contributed by atoms with E-state index in [4.69, 9.17) is 4.74 Å². The number of nitrogens with one attached hydrogen (secondary N) is 2. The topological polar surface area (TPSA) is 75.2 Å².